The second kappa shape index (κ2) is 44.4. The Kier molecular flexibility index (Phi) is 39.2. The average Bonchev–Trinajstić information content (AvgIpc) is 0.777. The van der Waals surface area contributed by atoms with Gasteiger partial charge >= 0.3 is 0 Å². The third kappa shape index (κ3) is 25.1. The minimum absolute atomic E-state index is 0.193. The summed E-state index contributed by atoms with van der Waals surface area (Å²) in [6.45, 7) is 2.49. The van der Waals surface area contributed by atoms with Gasteiger partial charge in [0.15, 0.2) is 31.5 Å². The summed E-state index contributed by atoms with van der Waals surface area (Å²) in [5.74, 6) is -2.36. The molecule has 5 saturated heterocycles. The highest BCUT2D eigenvalue weighted by molar-refractivity contribution is 5.76. The molecule has 5 fully saturated rings. The minimum Gasteiger partial charge on any atom is -0.394 e. The number of carbonyl (C=O) groups excluding carboxylic acids is 1. The third-order valence-corrected chi connectivity index (χ3v) is 19.1. The van der Waals surface area contributed by atoms with Crippen molar-refractivity contribution in [2.24, 2.45) is 11.8 Å². The van der Waals surface area contributed by atoms with Crippen molar-refractivity contribution in [2.75, 3.05) is 39.6 Å². The molecule has 10 unspecified atom stereocenters. The smallest absolute Gasteiger partial charge is 0.220 e. The fraction of sp³-hybridized carbons (Fsp3) is 0.955. The fourth-order valence-corrected chi connectivity index (χ4v) is 13.0. The lowest BCUT2D eigenvalue weighted by molar-refractivity contribution is -0.396. The van der Waals surface area contributed by atoms with E-state index in [0.717, 1.165) is 44.9 Å². The van der Waals surface area contributed by atoms with E-state index in [1.807, 2.05) is 6.08 Å². The van der Waals surface area contributed by atoms with Crippen molar-refractivity contribution in [3.63, 3.8) is 0 Å². The van der Waals surface area contributed by atoms with Crippen molar-refractivity contribution in [3.8, 4) is 0 Å². The van der Waals surface area contributed by atoms with Gasteiger partial charge in [-0.25, -0.2) is 0 Å². The Labute approximate surface area is 554 Å². The summed E-state index contributed by atoms with van der Waals surface area (Å²) in [5, 5.41) is 178. The van der Waals surface area contributed by atoms with E-state index in [9.17, 15) is 86.5 Å². The number of allylic oxidation sites excluding steroid dienone is 1. The number of aliphatic hydroxyl groups is 16. The topological polar surface area (TPSA) is 445 Å². The number of ether oxygens (including phenoxy) is 10. The summed E-state index contributed by atoms with van der Waals surface area (Å²) in [5.41, 5.74) is 0. The first-order valence-electron chi connectivity index (χ1n) is 35.2. The number of carbonyl (C=O) groups is 1. The van der Waals surface area contributed by atoms with Crippen LogP contribution < -0.4 is 5.32 Å². The molecule has 5 rings (SSSR count). The van der Waals surface area contributed by atoms with Crippen LogP contribution in [0.3, 0.4) is 0 Å². The number of unbranched alkanes of at least 4 members (excludes halogenated alkanes) is 21. The van der Waals surface area contributed by atoms with Gasteiger partial charge in [-0.15, -0.1) is 0 Å². The predicted molar refractivity (Wildman–Crippen MR) is 336 cm³/mol. The fourth-order valence-electron chi connectivity index (χ4n) is 13.0. The van der Waals surface area contributed by atoms with Crippen LogP contribution in [-0.4, -0.2) is 287 Å². The van der Waals surface area contributed by atoms with Gasteiger partial charge in [0.1, 0.15) is 97.7 Å². The van der Waals surface area contributed by atoms with Crippen LogP contribution in [0.25, 0.3) is 0 Å². The van der Waals surface area contributed by atoms with Gasteiger partial charge < -0.3 is 134 Å². The second-order valence-corrected chi connectivity index (χ2v) is 26.6. The quantitative estimate of drug-likeness (QED) is 0.0286. The molecule has 1 amide bonds. The number of nitrogens with one attached hydrogen (secondary N) is 1. The van der Waals surface area contributed by atoms with Gasteiger partial charge in [-0.3, -0.25) is 4.79 Å². The van der Waals surface area contributed by atoms with Crippen LogP contribution in [0.15, 0.2) is 12.2 Å². The molecule has 17 N–H and O–H groups in total. The molecule has 5 aliphatic rings. The summed E-state index contributed by atoms with van der Waals surface area (Å²) in [4.78, 5) is 13.4. The maximum absolute atomic E-state index is 13.4. The standard InChI is InChI=1S/C66H121NO27/c1-5-7-9-11-13-15-16-17-18-19-20-22-23-25-27-29-41(73)40(67-48(76)30-28-26-24-21-14-12-10-8-6-2)37-85-64-56(83)54(81)60(46(35-71)88-64)93-66-57(84)62(91-49-31-42(74)38(3)58(90-49)50(77)43(75)32-68)61(47(36-72)89-66)94-63-39(4)59(52(79)45(34-70)86-63)92-65-55(82)53(80)51(78)44(33-69)87-65/h27,29,38-47,49-66,68-75,77-84H,5-26,28,30-37H2,1-4H3,(H,67,76)/b29-27+/t38-,39?,40+,41-,42-,43-,44?,45?,46?,47?,49?,50-,51+,52+,53+,54-,55?,56?,57?,58?,59-,60-,61+,62-,63+,64-,65+,66+/m1/s1. The van der Waals surface area contributed by atoms with Gasteiger partial charge in [-0.05, 0) is 19.3 Å². The van der Waals surface area contributed by atoms with Crippen molar-refractivity contribution in [1.29, 1.82) is 0 Å². The van der Waals surface area contributed by atoms with Crippen LogP contribution >= 0.6 is 0 Å². The molecule has 28 atom stereocenters. The normalized spacial score (nSPS) is 37.1. The number of aliphatic hydroxyl groups excluding tert-OH is 16. The Morgan fingerprint density at radius 1 is 0.479 bits per heavy atom. The van der Waals surface area contributed by atoms with Gasteiger partial charge in [-0.2, -0.15) is 0 Å². The first-order valence-corrected chi connectivity index (χ1v) is 35.2. The average molecular weight is 1360 g/mol. The predicted octanol–water partition coefficient (Wildman–Crippen LogP) is 0.205. The Morgan fingerprint density at radius 2 is 0.947 bits per heavy atom. The molecular weight excluding hydrogens is 1240 g/mol. The first-order chi connectivity index (χ1) is 45.2. The van der Waals surface area contributed by atoms with E-state index in [2.05, 4.69) is 19.2 Å². The Morgan fingerprint density at radius 3 is 1.51 bits per heavy atom. The highest BCUT2D eigenvalue weighted by atomic mass is 16.8. The van der Waals surface area contributed by atoms with Crippen molar-refractivity contribution < 1.29 is 134 Å². The van der Waals surface area contributed by atoms with Gasteiger partial charge in [-0.1, -0.05) is 168 Å². The molecule has 94 heavy (non-hydrogen) atoms. The lowest BCUT2D eigenvalue weighted by Gasteiger charge is -2.51. The molecule has 0 aliphatic carbocycles. The highest BCUT2D eigenvalue weighted by Crippen LogP contribution is 2.39. The van der Waals surface area contributed by atoms with Crippen LogP contribution in [0.1, 0.15) is 188 Å². The van der Waals surface area contributed by atoms with Crippen LogP contribution in [-0.2, 0) is 52.2 Å². The maximum atomic E-state index is 13.4. The molecular formula is C66H121NO27. The zero-order valence-corrected chi connectivity index (χ0v) is 55.9. The van der Waals surface area contributed by atoms with E-state index in [1.165, 1.54) is 104 Å². The van der Waals surface area contributed by atoms with E-state index in [-0.39, 0.29) is 18.7 Å². The lowest BCUT2D eigenvalue weighted by atomic mass is 9.87. The third-order valence-electron chi connectivity index (χ3n) is 19.1. The van der Waals surface area contributed by atoms with Crippen molar-refractivity contribution in [3.05, 3.63) is 12.2 Å². The molecule has 5 aliphatic heterocycles. The molecule has 0 saturated carbocycles. The second-order valence-electron chi connectivity index (χ2n) is 26.6. The summed E-state index contributed by atoms with van der Waals surface area (Å²) in [7, 11) is 0. The van der Waals surface area contributed by atoms with E-state index < -0.39 is 211 Å². The summed E-state index contributed by atoms with van der Waals surface area (Å²) < 4.78 is 60.7. The number of hydrogen-bond acceptors (Lipinski definition) is 27. The minimum atomic E-state index is -2.10. The van der Waals surface area contributed by atoms with Crippen LogP contribution in [0, 0.1) is 11.8 Å². The van der Waals surface area contributed by atoms with Gasteiger partial charge in [0, 0.05) is 24.7 Å². The summed E-state index contributed by atoms with van der Waals surface area (Å²) >= 11 is 0. The molecule has 0 aromatic carbocycles. The Bertz CT molecular complexity index is 2020. The molecule has 0 aromatic rings. The van der Waals surface area contributed by atoms with E-state index in [0.29, 0.717) is 12.8 Å². The van der Waals surface area contributed by atoms with Crippen LogP contribution in [0.2, 0.25) is 0 Å². The van der Waals surface area contributed by atoms with Gasteiger partial charge in [0.25, 0.3) is 0 Å². The van der Waals surface area contributed by atoms with Gasteiger partial charge in [0.2, 0.25) is 5.91 Å². The number of rotatable bonds is 45. The zero-order valence-electron chi connectivity index (χ0n) is 55.9. The van der Waals surface area contributed by atoms with E-state index in [1.54, 1.807) is 6.08 Å². The Balaban J connectivity index is 1.30. The van der Waals surface area contributed by atoms with Crippen molar-refractivity contribution >= 4 is 5.91 Å². The molecule has 0 aromatic heterocycles. The zero-order chi connectivity index (χ0) is 68.9. The number of amides is 1. The molecule has 0 bridgehead atoms. The maximum Gasteiger partial charge on any atom is 0.220 e. The molecule has 5 heterocycles. The summed E-state index contributed by atoms with van der Waals surface area (Å²) in [6.07, 6.45) is -13.2. The molecule has 28 nitrogen and oxygen atoms in total. The number of hydrogen-bond donors (Lipinski definition) is 17. The van der Waals surface area contributed by atoms with E-state index in [4.69, 9.17) is 47.4 Å². The van der Waals surface area contributed by atoms with Crippen molar-refractivity contribution in [2.45, 2.75) is 348 Å². The monoisotopic (exact) mass is 1360 g/mol. The van der Waals surface area contributed by atoms with Crippen molar-refractivity contribution in [1.82, 2.24) is 5.32 Å². The van der Waals surface area contributed by atoms with Crippen LogP contribution in [0.5, 0.6) is 0 Å². The van der Waals surface area contributed by atoms with E-state index >= 15 is 0 Å². The molecule has 552 valence electrons. The summed E-state index contributed by atoms with van der Waals surface area (Å²) in [6, 6.07) is -1.05. The Hall–Kier alpha value is -1.83. The first kappa shape index (κ1) is 82.8. The van der Waals surface area contributed by atoms with Crippen LogP contribution in [0.4, 0.5) is 0 Å². The molecule has 28 heteroatoms. The molecule has 0 spiro atoms. The highest BCUT2D eigenvalue weighted by Gasteiger charge is 2.57. The van der Waals surface area contributed by atoms with Gasteiger partial charge in [0.05, 0.1) is 70.1 Å². The molecule has 0 radical (unpaired) electrons. The lowest BCUT2D eigenvalue weighted by Crippen LogP contribution is -2.67. The SMILES string of the molecule is CCCCCCCCCCCCCCC/C=C/[C@@H](O)[C@H](CO[C@@H]1OC(CO)[C@@H](O[C@@H]2OC(CO)[C@H](O[C@@H]3OC(CO)[C@H](O)[C@H](O[C@@H]4OC(CO)[C@H](O)[C@H](O)C4O)C3C)[C@H](OC3C[C@@H](O)[C@@H](C)C([C@H](O)[C@H](O)CO)O3)C2O)[C@H](O)C1O)NC(=O)CCCCCCCCCCC. The largest absolute Gasteiger partial charge is 0.394 e.